The maximum Gasteiger partial charge on any atom is 0.0210 e. The van der Waals surface area contributed by atoms with Crippen LogP contribution in [0.1, 0.15) is 58.3 Å². The summed E-state index contributed by atoms with van der Waals surface area (Å²) >= 11 is 0. The van der Waals surface area contributed by atoms with Crippen molar-refractivity contribution in [1.82, 2.24) is 5.43 Å². The van der Waals surface area contributed by atoms with E-state index in [4.69, 9.17) is 5.84 Å². The quantitative estimate of drug-likeness (QED) is 0.245. The summed E-state index contributed by atoms with van der Waals surface area (Å²) in [6.07, 6.45) is 12.0. The molecule has 0 saturated carbocycles. The van der Waals surface area contributed by atoms with E-state index in [1.165, 1.54) is 44.9 Å². The first-order chi connectivity index (χ1) is 6.85. The van der Waals surface area contributed by atoms with Crippen molar-refractivity contribution in [3.05, 3.63) is 12.7 Å². The Balaban J connectivity index is 3.28. The predicted octanol–water partition coefficient (Wildman–Crippen LogP) is 3.15. The molecular weight excluding hydrogens is 172 g/mol. The van der Waals surface area contributed by atoms with E-state index in [9.17, 15) is 0 Å². The average molecular weight is 198 g/mol. The first-order valence-corrected chi connectivity index (χ1v) is 5.92. The highest BCUT2D eigenvalue weighted by Crippen LogP contribution is 2.10. The van der Waals surface area contributed by atoms with Gasteiger partial charge in [0.1, 0.15) is 0 Å². The SMILES string of the molecule is C=CCCCCCC(CCCC)NN. The fourth-order valence-electron chi connectivity index (χ4n) is 1.62. The summed E-state index contributed by atoms with van der Waals surface area (Å²) in [5.74, 6) is 5.49. The van der Waals surface area contributed by atoms with E-state index < -0.39 is 0 Å². The predicted molar refractivity (Wildman–Crippen MR) is 63.9 cm³/mol. The molecule has 0 rings (SSSR count). The van der Waals surface area contributed by atoms with Crippen LogP contribution in [-0.4, -0.2) is 6.04 Å². The van der Waals surface area contributed by atoms with E-state index in [-0.39, 0.29) is 0 Å². The molecule has 1 unspecified atom stereocenters. The molecule has 0 radical (unpaired) electrons. The third-order valence-corrected chi connectivity index (χ3v) is 2.60. The summed E-state index contributed by atoms with van der Waals surface area (Å²) in [6.45, 7) is 5.94. The number of allylic oxidation sites excluding steroid dienone is 1. The number of hydrogen-bond donors (Lipinski definition) is 2. The molecule has 0 aliphatic carbocycles. The highest BCUT2D eigenvalue weighted by atomic mass is 15.2. The van der Waals surface area contributed by atoms with Crippen LogP contribution in [0.5, 0.6) is 0 Å². The molecule has 0 bridgehead atoms. The Morgan fingerprint density at radius 3 is 2.50 bits per heavy atom. The number of unbranched alkanes of at least 4 members (excludes halogenated alkanes) is 4. The standard InChI is InChI=1S/C12H26N2/c1-3-5-7-8-9-11-12(14-13)10-6-4-2/h3,12,14H,1,4-11,13H2,2H3. The topological polar surface area (TPSA) is 38.0 Å². The minimum Gasteiger partial charge on any atom is -0.271 e. The van der Waals surface area contributed by atoms with E-state index in [1.807, 2.05) is 6.08 Å². The van der Waals surface area contributed by atoms with Crippen LogP contribution in [0.15, 0.2) is 12.7 Å². The minimum absolute atomic E-state index is 0.527. The van der Waals surface area contributed by atoms with E-state index in [2.05, 4.69) is 18.9 Å². The lowest BCUT2D eigenvalue weighted by Gasteiger charge is -2.14. The van der Waals surface area contributed by atoms with Crippen molar-refractivity contribution in [2.75, 3.05) is 0 Å². The van der Waals surface area contributed by atoms with Gasteiger partial charge in [-0.1, -0.05) is 38.7 Å². The second-order valence-electron chi connectivity index (χ2n) is 3.93. The normalized spacial score (nSPS) is 12.7. The number of rotatable bonds is 10. The fourth-order valence-corrected chi connectivity index (χ4v) is 1.62. The molecule has 0 aliphatic heterocycles. The van der Waals surface area contributed by atoms with Crippen LogP contribution in [-0.2, 0) is 0 Å². The summed E-state index contributed by atoms with van der Waals surface area (Å²) in [7, 11) is 0. The smallest absolute Gasteiger partial charge is 0.0210 e. The molecule has 14 heavy (non-hydrogen) atoms. The molecule has 3 N–H and O–H groups in total. The molecule has 0 amide bonds. The molecular formula is C12H26N2. The lowest BCUT2D eigenvalue weighted by atomic mass is 10.0. The van der Waals surface area contributed by atoms with Gasteiger partial charge in [-0.05, 0) is 25.7 Å². The Bertz CT molecular complexity index is 123. The van der Waals surface area contributed by atoms with Crippen molar-refractivity contribution in [3.63, 3.8) is 0 Å². The molecule has 0 aliphatic rings. The van der Waals surface area contributed by atoms with Crippen molar-refractivity contribution in [1.29, 1.82) is 0 Å². The Kier molecular flexibility index (Phi) is 10.5. The summed E-state index contributed by atoms with van der Waals surface area (Å²) in [6, 6.07) is 0.527. The Labute approximate surface area is 88.9 Å². The molecule has 0 aromatic rings. The monoisotopic (exact) mass is 198 g/mol. The van der Waals surface area contributed by atoms with Gasteiger partial charge in [-0.3, -0.25) is 11.3 Å². The lowest BCUT2D eigenvalue weighted by molar-refractivity contribution is 0.430. The van der Waals surface area contributed by atoms with Crippen molar-refractivity contribution >= 4 is 0 Å². The van der Waals surface area contributed by atoms with Gasteiger partial charge in [0.25, 0.3) is 0 Å². The van der Waals surface area contributed by atoms with Crippen LogP contribution in [0.2, 0.25) is 0 Å². The molecule has 84 valence electrons. The zero-order valence-corrected chi connectivity index (χ0v) is 9.60. The van der Waals surface area contributed by atoms with Crippen LogP contribution in [0.3, 0.4) is 0 Å². The molecule has 2 nitrogen and oxygen atoms in total. The Hall–Kier alpha value is -0.340. The number of nitrogens with two attached hydrogens (primary N) is 1. The van der Waals surface area contributed by atoms with Crippen molar-refractivity contribution in [3.8, 4) is 0 Å². The molecule has 0 aromatic carbocycles. The van der Waals surface area contributed by atoms with Gasteiger partial charge in [0.2, 0.25) is 0 Å². The van der Waals surface area contributed by atoms with E-state index in [0.29, 0.717) is 6.04 Å². The molecule has 0 spiro atoms. The molecule has 2 heteroatoms. The summed E-state index contributed by atoms with van der Waals surface area (Å²) < 4.78 is 0. The zero-order valence-electron chi connectivity index (χ0n) is 9.60. The zero-order chi connectivity index (χ0) is 10.6. The number of nitrogens with one attached hydrogen (secondary N) is 1. The van der Waals surface area contributed by atoms with Crippen LogP contribution in [0.4, 0.5) is 0 Å². The van der Waals surface area contributed by atoms with E-state index in [0.717, 1.165) is 6.42 Å². The van der Waals surface area contributed by atoms with Crippen molar-refractivity contribution in [2.45, 2.75) is 64.3 Å². The third-order valence-electron chi connectivity index (χ3n) is 2.60. The minimum atomic E-state index is 0.527. The van der Waals surface area contributed by atoms with Crippen LogP contribution < -0.4 is 11.3 Å². The Morgan fingerprint density at radius 2 is 1.93 bits per heavy atom. The largest absolute Gasteiger partial charge is 0.271 e. The van der Waals surface area contributed by atoms with Crippen molar-refractivity contribution in [2.24, 2.45) is 5.84 Å². The molecule has 0 aromatic heterocycles. The number of hydrazine groups is 1. The Morgan fingerprint density at radius 1 is 1.21 bits per heavy atom. The maximum absolute atomic E-state index is 5.49. The van der Waals surface area contributed by atoms with Gasteiger partial charge in [0, 0.05) is 6.04 Å². The second kappa shape index (κ2) is 10.7. The first-order valence-electron chi connectivity index (χ1n) is 5.92. The van der Waals surface area contributed by atoms with Gasteiger partial charge in [-0.2, -0.15) is 0 Å². The average Bonchev–Trinajstić information content (AvgIpc) is 2.22. The first kappa shape index (κ1) is 13.7. The van der Waals surface area contributed by atoms with Gasteiger partial charge in [0.15, 0.2) is 0 Å². The molecule has 0 heterocycles. The van der Waals surface area contributed by atoms with Crippen molar-refractivity contribution < 1.29 is 0 Å². The highest BCUT2D eigenvalue weighted by Gasteiger charge is 2.04. The van der Waals surface area contributed by atoms with Gasteiger partial charge in [0.05, 0.1) is 0 Å². The molecule has 0 fully saturated rings. The second-order valence-corrected chi connectivity index (χ2v) is 3.93. The molecule has 0 saturated heterocycles. The van der Waals surface area contributed by atoms with Gasteiger partial charge in [-0.15, -0.1) is 6.58 Å². The van der Waals surface area contributed by atoms with Gasteiger partial charge < -0.3 is 0 Å². The summed E-state index contributed by atoms with van der Waals surface area (Å²) in [5.41, 5.74) is 2.91. The van der Waals surface area contributed by atoms with Crippen LogP contribution in [0, 0.1) is 0 Å². The van der Waals surface area contributed by atoms with Crippen LogP contribution in [0.25, 0.3) is 0 Å². The lowest BCUT2D eigenvalue weighted by Crippen LogP contribution is -2.34. The molecule has 1 atom stereocenters. The summed E-state index contributed by atoms with van der Waals surface area (Å²) in [4.78, 5) is 0. The van der Waals surface area contributed by atoms with Gasteiger partial charge in [-0.25, -0.2) is 0 Å². The van der Waals surface area contributed by atoms with Gasteiger partial charge >= 0.3 is 0 Å². The van der Waals surface area contributed by atoms with E-state index >= 15 is 0 Å². The number of hydrogen-bond acceptors (Lipinski definition) is 2. The van der Waals surface area contributed by atoms with E-state index in [1.54, 1.807) is 0 Å². The maximum atomic E-state index is 5.49. The third kappa shape index (κ3) is 8.27. The highest BCUT2D eigenvalue weighted by molar-refractivity contribution is 4.67. The van der Waals surface area contributed by atoms with Crippen LogP contribution >= 0.6 is 0 Å². The summed E-state index contributed by atoms with van der Waals surface area (Å²) in [5, 5.41) is 0. The fraction of sp³-hybridized carbons (Fsp3) is 0.833.